The van der Waals surface area contributed by atoms with Crippen LogP contribution in [0.4, 0.5) is 0 Å². The molecule has 0 bridgehead atoms. The van der Waals surface area contributed by atoms with E-state index in [9.17, 15) is 9.59 Å². The van der Waals surface area contributed by atoms with Gasteiger partial charge in [0, 0.05) is 23.9 Å². The molecule has 1 N–H and O–H groups in total. The summed E-state index contributed by atoms with van der Waals surface area (Å²) in [7, 11) is 0. The summed E-state index contributed by atoms with van der Waals surface area (Å²) >= 11 is 0. The van der Waals surface area contributed by atoms with Crippen molar-refractivity contribution in [2.24, 2.45) is 5.92 Å². The van der Waals surface area contributed by atoms with Crippen LogP contribution in [-0.2, 0) is 21.4 Å². The lowest BCUT2D eigenvalue weighted by molar-refractivity contribution is -0.139. The molecule has 2 unspecified atom stereocenters. The van der Waals surface area contributed by atoms with Crippen LogP contribution >= 0.6 is 0 Å². The Labute approximate surface area is 131 Å². The van der Waals surface area contributed by atoms with E-state index in [1.165, 1.54) is 11.1 Å². The second-order valence-electron chi connectivity index (χ2n) is 6.84. The van der Waals surface area contributed by atoms with Crippen LogP contribution in [0.15, 0.2) is 24.3 Å². The molecular weight excluding hydrogens is 278 g/mol. The first-order chi connectivity index (χ1) is 10.5. The minimum Gasteiger partial charge on any atom is -0.481 e. The normalized spacial score (nSPS) is 25.3. The molecule has 0 radical (unpaired) electrons. The number of aryl methyl sites for hydroxylation is 1. The van der Waals surface area contributed by atoms with Gasteiger partial charge in [0.2, 0.25) is 5.91 Å². The molecule has 118 valence electrons. The molecular formula is C18H23NO3. The Morgan fingerprint density at radius 1 is 1.36 bits per heavy atom. The van der Waals surface area contributed by atoms with Gasteiger partial charge in [0.25, 0.3) is 0 Å². The van der Waals surface area contributed by atoms with E-state index in [1.54, 1.807) is 4.90 Å². The predicted molar refractivity (Wildman–Crippen MR) is 83.6 cm³/mol. The maximum absolute atomic E-state index is 12.9. The zero-order chi connectivity index (χ0) is 15.9. The van der Waals surface area contributed by atoms with E-state index in [1.807, 2.05) is 13.8 Å². The largest absolute Gasteiger partial charge is 0.481 e. The van der Waals surface area contributed by atoms with E-state index in [0.29, 0.717) is 6.54 Å². The Morgan fingerprint density at radius 3 is 2.77 bits per heavy atom. The summed E-state index contributed by atoms with van der Waals surface area (Å²) in [5, 5.41) is 8.88. The molecule has 22 heavy (non-hydrogen) atoms. The summed E-state index contributed by atoms with van der Waals surface area (Å²) in [5.41, 5.74) is 2.75. The van der Waals surface area contributed by atoms with Gasteiger partial charge in [-0.05, 0) is 44.2 Å². The quantitative estimate of drug-likeness (QED) is 0.909. The molecule has 1 spiro atoms. The highest BCUT2D eigenvalue weighted by Gasteiger charge is 2.62. The van der Waals surface area contributed by atoms with Crippen molar-refractivity contribution in [1.29, 1.82) is 0 Å². The minimum atomic E-state index is -0.852. The van der Waals surface area contributed by atoms with Gasteiger partial charge in [0.05, 0.1) is 6.42 Å². The standard InChI is InChI=1S/C18H23NO3/c1-12(2)19(10-8-16(20)21)17(22)15-11-18(15)9-7-13-5-3-4-6-14(13)18/h3-6,12,15H,7-11H2,1-2H3,(H,20,21). The summed E-state index contributed by atoms with van der Waals surface area (Å²) in [6.45, 7) is 4.22. The molecule has 1 amide bonds. The first-order valence-electron chi connectivity index (χ1n) is 8.06. The van der Waals surface area contributed by atoms with Gasteiger partial charge in [-0.15, -0.1) is 0 Å². The third-order valence-corrected chi connectivity index (χ3v) is 5.24. The number of nitrogens with zero attached hydrogens (tertiary/aromatic N) is 1. The zero-order valence-corrected chi connectivity index (χ0v) is 13.2. The first-order valence-corrected chi connectivity index (χ1v) is 8.06. The van der Waals surface area contributed by atoms with E-state index in [4.69, 9.17) is 5.11 Å². The number of benzene rings is 1. The molecule has 0 aliphatic heterocycles. The number of carboxylic acids is 1. The fraction of sp³-hybridized carbons (Fsp3) is 0.556. The van der Waals surface area contributed by atoms with Crippen LogP contribution in [0.1, 0.15) is 44.2 Å². The van der Waals surface area contributed by atoms with Gasteiger partial charge in [-0.25, -0.2) is 0 Å². The van der Waals surface area contributed by atoms with E-state index in [2.05, 4.69) is 24.3 Å². The summed E-state index contributed by atoms with van der Waals surface area (Å²) in [4.78, 5) is 25.4. The number of hydrogen-bond donors (Lipinski definition) is 1. The highest BCUT2D eigenvalue weighted by molar-refractivity contribution is 5.85. The van der Waals surface area contributed by atoms with Gasteiger partial charge < -0.3 is 10.0 Å². The SMILES string of the molecule is CC(C)N(CCC(=O)O)C(=O)C1CC12CCc1ccccc12. The lowest BCUT2D eigenvalue weighted by Crippen LogP contribution is -2.40. The van der Waals surface area contributed by atoms with Crippen LogP contribution in [0.5, 0.6) is 0 Å². The smallest absolute Gasteiger partial charge is 0.305 e. The summed E-state index contributed by atoms with van der Waals surface area (Å²) in [6.07, 6.45) is 3.03. The van der Waals surface area contributed by atoms with Crippen LogP contribution in [-0.4, -0.2) is 34.5 Å². The lowest BCUT2D eigenvalue weighted by Gasteiger charge is -2.27. The van der Waals surface area contributed by atoms with Gasteiger partial charge in [-0.2, -0.15) is 0 Å². The van der Waals surface area contributed by atoms with Gasteiger partial charge in [0.1, 0.15) is 0 Å². The Bertz CT molecular complexity index is 610. The minimum absolute atomic E-state index is 0.0141. The molecule has 2 aliphatic carbocycles. The number of carboxylic acid groups (broad SMARTS) is 1. The van der Waals surface area contributed by atoms with Crippen molar-refractivity contribution in [2.75, 3.05) is 6.54 Å². The van der Waals surface area contributed by atoms with Crippen molar-refractivity contribution >= 4 is 11.9 Å². The van der Waals surface area contributed by atoms with Gasteiger partial charge >= 0.3 is 5.97 Å². The topological polar surface area (TPSA) is 57.6 Å². The average molecular weight is 301 g/mol. The number of fused-ring (bicyclic) bond motifs is 2. The van der Waals surface area contributed by atoms with E-state index in [0.717, 1.165) is 19.3 Å². The fourth-order valence-electron chi connectivity index (χ4n) is 3.96. The fourth-order valence-corrected chi connectivity index (χ4v) is 3.96. The molecule has 0 aromatic heterocycles. The second kappa shape index (κ2) is 5.41. The van der Waals surface area contributed by atoms with Crippen molar-refractivity contribution in [3.63, 3.8) is 0 Å². The van der Waals surface area contributed by atoms with Crippen LogP contribution < -0.4 is 0 Å². The predicted octanol–water partition coefficient (Wildman–Crippen LogP) is 2.60. The second-order valence-corrected chi connectivity index (χ2v) is 6.84. The Hall–Kier alpha value is -1.84. The Morgan fingerprint density at radius 2 is 2.09 bits per heavy atom. The molecule has 0 heterocycles. The van der Waals surface area contributed by atoms with Crippen molar-refractivity contribution in [3.05, 3.63) is 35.4 Å². The van der Waals surface area contributed by atoms with Crippen LogP contribution in [0.3, 0.4) is 0 Å². The number of hydrogen-bond acceptors (Lipinski definition) is 2. The molecule has 1 saturated carbocycles. The molecule has 3 rings (SSSR count). The number of carbonyl (C=O) groups is 2. The van der Waals surface area contributed by atoms with Crippen molar-refractivity contribution in [3.8, 4) is 0 Å². The van der Waals surface area contributed by atoms with Crippen molar-refractivity contribution < 1.29 is 14.7 Å². The maximum Gasteiger partial charge on any atom is 0.305 e. The van der Waals surface area contributed by atoms with E-state index < -0.39 is 5.97 Å². The molecule has 4 heteroatoms. The van der Waals surface area contributed by atoms with E-state index in [-0.39, 0.29) is 29.7 Å². The highest BCUT2D eigenvalue weighted by Crippen LogP contribution is 2.62. The molecule has 1 aromatic rings. The first kappa shape index (κ1) is 15.1. The monoisotopic (exact) mass is 301 g/mol. The number of carbonyl (C=O) groups excluding carboxylic acids is 1. The van der Waals surface area contributed by atoms with Crippen LogP contribution in [0.2, 0.25) is 0 Å². The van der Waals surface area contributed by atoms with E-state index >= 15 is 0 Å². The summed E-state index contributed by atoms with van der Waals surface area (Å²) in [6, 6.07) is 8.48. The number of aliphatic carboxylic acids is 1. The van der Waals surface area contributed by atoms with Crippen molar-refractivity contribution in [2.45, 2.75) is 51.0 Å². The van der Waals surface area contributed by atoms with Gasteiger partial charge in [-0.1, -0.05) is 24.3 Å². The lowest BCUT2D eigenvalue weighted by atomic mass is 9.95. The summed E-state index contributed by atoms with van der Waals surface area (Å²) in [5.74, 6) is -0.685. The maximum atomic E-state index is 12.9. The third-order valence-electron chi connectivity index (χ3n) is 5.24. The van der Waals surface area contributed by atoms with Crippen molar-refractivity contribution in [1.82, 2.24) is 4.90 Å². The highest BCUT2D eigenvalue weighted by atomic mass is 16.4. The van der Waals surface area contributed by atoms with Gasteiger partial charge in [0.15, 0.2) is 0 Å². The number of amides is 1. The van der Waals surface area contributed by atoms with Crippen LogP contribution in [0.25, 0.3) is 0 Å². The molecule has 1 fully saturated rings. The number of rotatable bonds is 5. The third kappa shape index (κ3) is 2.40. The van der Waals surface area contributed by atoms with Gasteiger partial charge in [-0.3, -0.25) is 9.59 Å². The van der Waals surface area contributed by atoms with Crippen LogP contribution in [0, 0.1) is 5.92 Å². The Balaban J connectivity index is 1.76. The Kier molecular flexibility index (Phi) is 3.71. The molecule has 0 saturated heterocycles. The molecule has 2 aliphatic rings. The summed E-state index contributed by atoms with van der Waals surface area (Å²) < 4.78 is 0. The average Bonchev–Trinajstić information content (AvgIpc) is 3.08. The zero-order valence-electron chi connectivity index (χ0n) is 13.2. The molecule has 4 nitrogen and oxygen atoms in total. The molecule has 2 atom stereocenters. The molecule has 1 aromatic carbocycles.